The highest BCUT2D eigenvalue weighted by Gasteiger charge is 2.37. The monoisotopic (exact) mass is 255 g/mol. The lowest BCUT2D eigenvalue weighted by Crippen LogP contribution is -2.32. The maximum absolute atomic E-state index is 11.7. The van der Waals surface area contributed by atoms with Crippen molar-refractivity contribution < 1.29 is 13.2 Å². The van der Waals surface area contributed by atoms with E-state index in [2.05, 4.69) is 4.98 Å². The summed E-state index contributed by atoms with van der Waals surface area (Å²) in [5, 5.41) is 4.23. The Morgan fingerprint density at radius 3 is 2.71 bits per heavy atom. The molecule has 0 radical (unpaired) electrons. The van der Waals surface area contributed by atoms with Crippen LogP contribution in [0.1, 0.15) is 12.0 Å². The second-order valence-electron chi connectivity index (χ2n) is 4.14. The van der Waals surface area contributed by atoms with Crippen molar-refractivity contribution in [2.24, 2.45) is 5.14 Å². The predicted octanol–water partition coefficient (Wildman–Crippen LogP) is -0.216. The van der Waals surface area contributed by atoms with Crippen LogP contribution < -0.4 is 10.0 Å². The van der Waals surface area contributed by atoms with Gasteiger partial charge in [0.1, 0.15) is 5.25 Å². The van der Waals surface area contributed by atoms with E-state index in [4.69, 9.17) is 5.14 Å². The lowest BCUT2D eigenvalue weighted by Gasteiger charge is -2.16. The van der Waals surface area contributed by atoms with Crippen LogP contribution in [-0.2, 0) is 14.8 Å². The molecule has 0 aliphatic carbocycles. The van der Waals surface area contributed by atoms with Gasteiger partial charge in [-0.05, 0) is 18.6 Å². The van der Waals surface area contributed by atoms with Crippen LogP contribution in [0.25, 0.3) is 0 Å². The van der Waals surface area contributed by atoms with Gasteiger partial charge in [0.15, 0.2) is 0 Å². The van der Waals surface area contributed by atoms with Crippen LogP contribution in [0.3, 0.4) is 0 Å². The third kappa shape index (κ3) is 2.45. The van der Waals surface area contributed by atoms with Crippen molar-refractivity contribution in [3.63, 3.8) is 0 Å². The van der Waals surface area contributed by atoms with E-state index >= 15 is 0 Å². The van der Waals surface area contributed by atoms with E-state index in [1.165, 1.54) is 11.1 Å². The summed E-state index contributed by atoms with van der Waals surface area (Å²) in [7, 11) is -3.67. The smallest absolute Gasteiger partial charge is 0.228 e. The molecule has 2 N–H and O–H groups in total. The average Bonchev–Trinajstić information content (AvgIpc) is 2.60. The summed E-state index contributed by atoms with van der Waals surface area (Å²) in [6.45, 7) is 1.96. The van der Waals surface area contributed by atoms with Gasteiger partial charge in [-0.2, -0.15) is 0 Å². The third-order valence-corrected chi connectivity index (χ3v) is 3.97. The average molecular weight is 255 g/mol. The zero-order valence-electron chi connectivity index (χ0n) is 9.33. The molecule has 1 amide bonds. The summed E-state index contributed by atoms with van der Waals surface area (Å²) < 4.78 is 22.4. The fourth-order valence-electron chi connectivity index (χ4n) is 1.83. The first-order chi connectivity index (χ1) is 7.88. The summed E-state index contributed by atoms with van der Waals surface area (Å²) in [6.07, 6.45) is 3.14. The van der Waals surface area contributed by atoms with Gasteiger partial charge in [-0.3, -0.25) is 9.78 Å². The summed E-state index contributed by atoms with van der Waals surface area (Å²) in [5.74, 6) is -0.239. The molecule has 2 rings (SSSR count). The van der Waals surface area contributed by atoms with Gasteiger partial charge in [0.05, 0.1) is 11.9 Å². The van der Waals surface area contributed by atoms with E-state index in [0.717, 1.165) is 5.56 Å². The summed E-state index contributed by atoms with van der Waals surface area (Å²) in [5.41, 5.74) is 1.52. The number of nitrogens with zero attached hydrogens (tertiary/aromatic N) is 2. The highest BCUT2D eigenvalue weighted by atomic mass is 32.2. The SMILES string of the molecule is Cc1cncc(N2CC(S(N)(=O)=O)CC2=O)c1. The first-order valence-corrected chi connectivity index (χ1v) is 6.72. The van der Waals surface area contributed by atoms with E-state index in [1.807, 2.05) is 6.92 Å². The van der Waals surface area contributed by atoms with Gasteiger partial charge >= 0.3 is 0 Å². The van der Waals surface area contributed by atoms with Crippen LogP contribution in [0.5, 0.6) is 0 Å². The minimum absolute atomic E-state index is 0.0627. The minimum atomic E-state index is -3.67. The molecule has 1 aliphatic heterocycles. The van der Waals surface area contributed by atoms with E-state index in [1.54, 1.807) is 12.3 Å². The molecule has 0 spiro atoms. The lowest BCUT2D eigenvalue weighted by atomic mass is 10.3. The molecular weight excluding hydrogens is 242 g/mol. The number of hydrogen-bond acceptors (Lipinski definition) is 4. The number of pyridine rings is 1. The molecule has 1 fully saturated rings. The topological polar surface area (TPSA) is 93.4 Å². The summed E-state index contributed by atoms with van der Waals surface area (Å²) in [4.78, 5) is 17.1. The van der Waals surface area contributed by atoms with Gasteiger partial charge in [0, 0.05) is 19.2 Å². The van der Waals surface area contributed by atoms with Crippen molar-refractivity contribution in [1.82, 2.24) is 4.98 Å². The first-order valence-electron chi connectivity index (χ1n) is 5.11. The third-order valence-electron chi connectivity index (χ3n) is 2.73. The molecule has 0 bridgehead atoms. The molecule has 1 aliphatic rings. The Balaban J connectivity index is 2.28. The van der Waals surface area contributed by atoms with Crippen LogP contribution >= 0.6 is 0 Å². The molecular formula is C10H13N3O3S. The molecule has 92 valence electrons. The number of primary sulfonamides is 1. The van der Waals surface area contributed by atoms with E-state index in [0.29, 0.717) is 5.69 Å². The van der Waals surface area contributed by atoms with Gasteiger partial charge in [-0.25, -0.2) is 13.6 Å². The van der Waals surface area contributed by atoms with Crippen molar-refractivity contribution in [3.05, 3.63) is 24.0 Å². The molecule has 1 aromatic rings. The Morgan fingerprint density at radius 2 is 2.18 bits per heavy atom. The molecule has 1 unspecified atom stereocenters. The normalized spacial score (nSPS) is 20.9. The molecule has 1 atom stereocenters. The van der Waals surface area contributed by atoms with Crippen molar-refractivity contribution in [2.75, 3.05) is 11.4 Å². The number of hydrogen-bond donors (Lipinski definition) is 1. The van der Waals surface area contributed by atoms with Gasteiger partial charge in [-0.15, -0.1) is 0 Å². The maximum Gasteiger partial charge on any atom is 0.228 e. The highest BCUT2D eigenvalue weighted by molar-refractivity contribution is 7.89. The highest BCUT2D eigenvalue weighted by Crippen LogP contribution is 2.23. The van der Waals surface area contributed by atoms with Crippen LogP contribution in [0.15, 0.2) is 18.5 Å². The molecule has 0 saturated carbocycles. The Bertz CT molecular complexity index is 556. The Morgan fingerprint density at radius 1 is 1.47 bits per heavy atom. The first kappa shape index (κ1) is 12.0. The number of rotatable bonds is 2. The summed E-state index contributed by atoms with van der Waals surface area (Å²) in [6, 6.07) is 1.79. The number of carbonyl (C=O) groups excluding carboxylic acids is 1. The number of carbonyl (C=O) groups is 1. The standard InChI is InChI=1S/C10H13N3O3S/c1-7-2-8(5-12-4-7)13-6-9(3-10(13)14)17(11,15)16/h2,4-5,9H,3,6H2,1H3,(H2,11,15,16). The zero-order valence-corrected chi connectivity index (χ0v) is 10.1. The number of nitrogens with two attached hydrogens (primary N) is 1. The van der Waals surface area contributed by atoms with Gasteiger partial charge in [-0.1, -0.05) is 0 Å². The van der Waals surface area contributed by atoms with E-state index in [-0.39, 0.29) is 18.9 Å². The fraction of sp³-hybridized carbons (Fsp3) is 0.400. The molecule has 17 heavy (non-hydrogen) atoms. The number of aryl methyl sites for hydroxylation is 1. The second kappa shape index (κ2) is 4.08. The van der Waals surface area contributed by atoms with Crippen molar-refractivity contribution in [3.8, 4) is 0 Å². The minimum Gasteiger partial charge on any atom is -0.309 e. The van der Waals surface area contributed by atoms with Crippen molar-refractivity contribution >= 4 is 21.6 Å². The Kier molecular flexibility index (Phi) is 2.88. The molecule has 2 heterocycles. The predicted molar refractivity (Wildman–Crippen MR) is 62.8 cm³/mol. The Hall–Kier alpha value is -1.47. The van der Waals surface area contributed by atoms with Crippen molar-refractivity contribution in [2.45, 2.75) is 18.6 Å². The number of sulfonamides is 1. The van der Waals surface area contributed by atoms with E-state index < -0.39 is 15.3 Å². The lowest BCUT2D eigenvalue weighted by molar-refractivity contribution is -0.117. The van der Waals surface area contributed by atoms with E-state index in [9.17, 15) is 13.2 Å². The quantitative estimate of drug-likeness (QED) is 0.790. The largest absolute Gasteiger partial charge is 0.309 e. The number of anilines is 1. The summed E-state index contributed by atoms with van der Waals surface area (Å²) >= 11 is 0. The zero-order chi connectivity index (χ0) is 12.6. The number of aromatic nitrogens is 1. The van der Waals surface area contributed by atoms with Crippen LogP contribution in [0, 0.1) is 6.92 Å². The molecule has 6 nitrogen and oxygen atoms in total. The fourth-order valence-corrected chi connectivity index (χ4v) is 2.56. The van der Waals surface area contributed by atoms with Gasteiger partial charge in [0.25, 0.3) is 0 Å². The van der Waals surface area contributed by atoms with Crippen molar-refractivity contribution in [1.29, 1.82) is 0 Å². The molecule has 0 aromatic carbocycles. The molecule has 7 heteroatoms. The van der Waals surface area contributed by atoms with Crippen LogP contribution in [0.4, 0.5) is 5.69 Å². The van der Waals surface area contributed by atoms with Gasteiger partial charge < -0.3 is 4.90 Å². The molecule has 1 saturated heterocycles. The van der Waals surface area contributed by atoms with Gasteiger partial charge in [0.2, 0.25) is 15.9 Å². The maximum atomic E-state index is 11.7. The molecule has 1 aromatic heterocycles. The Labute approximate surface area is 99.5 Å². The second-order valence-corrected chi connectivity index (χ2v) is 5.98. The van der Waals surface area contributed by atoms with Crippen LogP contribution in [-0.4, -0.2) is 31.1 Å². The van der Waals surface area contributed by atoms with Crippen LogP contribution in [0.2, 0.25) is 0 Å². The number of amides is 1.